The number of rotatable bonds is 4. The minimum Gasteiger partial charge on any atom is -0.450 e. The summed E-state index contributed by atoms with van der Waals surface area (Å²) in [6.07, 6.45) is 0. The van der Waals surface area contributed by atoms with Gasteiger partial charge < -0.3 is 14.1 Å². The van der Waals surface area contributed by atoms with E-state index >= 15 is 0 Å². The van der Waals surface area contributed by atoms with Crippen LogP contribution in [-0.4, -0.2) is 31.1 Å². The van der Waals surface area contributed by atoms with Crippen LogP contribution in [0.15, 0.2) is 51.7 Å². The van der Waals surface area contributed by atoms with Crippen molar-refractivity contribution < 1.29 is 13.9 Å². The van der Waals surface area contributed by atoms with Crippen molar-refractivity contribution in [1.82, 2.24) is 4.90 Å². The van der Waals surface area contributed by atoms with Crippen LogP contribution in [0, 0.1) is 13.8 Å². The average Bonchev–Trinajstić information content (AvgIpc) is 2.93. The second-order valence-corrected chi connectivity index (χ2v) is 6.98. The van der Waals surface area contributed by atoms with Crippen molar-refractivity contribution in [3.05, 3.63) is 80.7 Å². The van der Waals surface area contributed by atoms with Gasteiger partial charge in [-0.15, -0.1) is 0 Å². The molecule has 1 aliphatic heterocycles. The highest BCUT2D eigenvalue weighted by atomic mass is 16.5. The standard InChI is InChI=1S/C22H21NO4/c1-13-4-7-15(8-5-13)19-18-20(24)16-9-6-14(2)12-17(16)27-21(18)22(25)23(19)10-11-26-3/h4-9,12,19H,10-11H2,1-3H3/t19-/m1/s1. The molecule has 0 radical (unpaired) electrons. The Balaban J connectivity index is 1.96. The summed E-state index contributed by atoms with van der Waals surface area (Å²) in [6, 6.07) is 12.9. The van der Waals surface area contributed by atoms with Crippen LogP contribution < -0.4 is 5.43 Å². The van der Waals surface area contributed by atoms with E-state index in [1.54, 1.807) is 24.1 Å². The van der Waals surface area contributed by atoms with Crippen molar-refractivity contribution in [2.24, 2.45) is 0 Å². The predicted molar refractivity (Wildman–Crippen MR) is 103 cm³/mol. The normalized spacial score (nSPS) is 16.2. The molecule has 138 valence electrons. The minimum atomic E-state index is -0.467. The number of ether oxygens (including phenoxy) is 1. The zero-order valence-electron chi connectivity index (χ0n) is 15.6. The quantitative estimate of drug-likeness (QED) is 0.711. The van der Waals surface area contributed by atoms with E-state index in [0.29, 0.717) is 29.7 Å². The number of hydrogen-bond acceptors (Lipinski definition) is 4. The van der Waals surface area contributed by atoms with Gasteiger partial charge in [0.15, 0.2) is 5.43 Å². The lowest BCUT2D eigenvalue weighted by Gasteiger charge is -2.24. The van der Waals surface area contributed by atoms with Gasteiger partial charge in [0.1, 0.15) is 5.58 Å². The van der Waals surface area contributed by atoms with Crippen LogP contribution in [0.4, 0.5) is 0 Å². The van der Waals surface area contributed by atoms with E-state index in [0.717, 1.165) is 16.7 Å². The zero-order valence-corrected chi connectivity index (χ0v) is 15.6. The average molecular weight is 363 g/mol. The Kier molecular flexibility index (Phi) is 4.32. The second kappa shape index (κ2) is 6.67. The third-order valence-corrected chi connectivity index (χ3v) is 5.05. The molecule has 1 amide bonds. The van der Waals surface area contributed by atoms with Crippen molar-refractivity contribution in [3.63, 3.8) is 0 Å². The summed E-state index contributed by atoms with van der Waals surface area (Å²) in [5.41, 5.74) is 3.70. The summed E-state index contributed by atoms with van der Waals surface area (Å²) in [5.74, 6) is -0.132. The third kappa shape index (κ3) is 2.84. The molecule has 0 N–H and O–H groups in total. The first-order chi connectivity index (χ1) is 13.0. The van der Waals surface area contributed by atoms with Crippen LogP contribution in [-0.2, 0) is 4.74 Å². The van der Waals surface area contributed by atoms with Crippen LogP contribution in [0.5, 0.6) is 0 Å². The fourth-order valence-corrected chi connectivity index (χ4v) is 3.64. The van der Waals surface area contributed by atoms with Crippen molar-refractivity contribution >= 4 is 16.9 Å². The molecule has 2 heterocycles. The molecular weight excluding hydrogens is 342 g/mol. The zero-order chi connectivity index (χ0) is 19.1. The molecule has 0 spiro atoms. The summed E-state index contributed by atoms with van der Waals surface area (Å²) in [5, 5.41) is 0.498. The minimum absolute atomic E-state index is 0.139. The lowest BCUT2D eigenvalue weighted by atomic mass is 9.97. The Bertz CT molecular complexity index is 1080. The topological polar surface area (TPSA) is 59.8 Å². The molecule has 1 aliphatic rings. The summed E-state index contributed by atoms with van der Waals surface area (Å²) >= 11 is 0. The van der Waals surface area contributed by atoms with E-state index in [1.165, 1.54) is 0 Å². The molecule has 0 saturated carbocycles. The smallest absolute Gasteiger partial charge is 0.290 e. The fraction of sp³-hybridized carbons (Fsp3) is 0.273. The Morgan fingerprint density at radius 2 is 1.74 bits per heavy atom. The van der Waals surface area contributed by atoms with Crippen LogP contribution >= 0.6 is 0 Å². The van der Waals surface area contributed by atoms with E-state index in [4.69, 9.17) is 9.15 Å². The summed E-state index contributed by atoms with van der Waals surface area (Å²) in [6.45, 7) is 4.70. The summed E-state index contributed by atoms with van der Waals surface area (Å²) < 4.78 is 11.1. The lowest BCUT2D eigenvalue weighted by Crippen LogP contribution is -2.32. The van der Waals surface area contributed by atoms with Gasteiger partial charge in [-0.25, -0.2) is 0 Å². The van der Waals surface area contributed by atoms with Crippen LogP contribution in [0.1, 0.15) is 38.9 Å². The Morgan fingerprint density at radius 3 is 2.44 bits per heavy atom. The van der Waals surface area contributed by atoms with Gasteiger partial charge in [0.2, 0.25) is 5.76 Å². The molecule has 0 saturated heterocycles. The number of fused-ring (bicyclic) bond motifs is 2. The number of aryl methyl sites for hydroxylation is 2. The third-order valence-electron chi connectivity index (χ3n) is 5.05. The van der Waals surface area contributed by atoms with E-state index in [2.05, 4.69) is 0 Å². The highest BCUT2D eigenvalue weighted by Gasteiger charge is 2.42. The molecule has 1 aromatic heterocycles. The first-order valence-electron chi connectivity index (χ1n) is 8.95. The predicted octanol–water partition coefficient (Wildman–Crippen LogP) is 3.60. The molecule has 5 nitrogen and oxygen atoms in total. The molecule has 4 rings (SSSR count). The van der Waals surface area contributed by atoms with Crippen molar-refractivity contribution in [2.75, 3.05) is 20.3 Å². The maximum atomic E-state index is 13.3. The Hall–Kier alpha value is -2.92. The van der Waals surface area contributed by atoms with Gasteiger partial charge in [0.05, 0.1) is 23.6 Å². The second-order valence-electron chi connectivity index (χ2n) is 6.98. The van der Waals surface area contributed by atoms with E-state index in [1.807, 2.05) is 44.2 Å². The van der Waals surface area contributed by atoms with Crippen LogP contribution in [0.3, 0.4) is 0 Å². The number of hydrogen-bond donors (Lipinski definition) is 0. The first-order valence-corrected chi connectivity index (χ1v) is 8.95. The maximum Gasteiger partial charge on any atom is 0.290 e. The van der Waals surface area contributed by atoms with Gasteiger partial charge >= 0.3 is 0 Å². The van der Waals surface area contributed by atoms with Gasteiger partial charge in [-0.05, 0) is 37.1 Å². The van der Waals surface area contributed by atoms with Crippen molar-refractivity contribution in [3.8, 4) is 0 Å². The SMILES string of the molecule is COCCN1C(=O)c2oc3cc(C)ccc3c(=O)c2[C@H]1c1ccc(C)cc1. The Morgan fingerprint density at radius 1 is 1.04 bits per heavy atom. The van der Waals surface area contributed by atoms with Gasteiger partial charge in [0.25, 0.3) is 5.91 Å². The fourth-order valence-electron chi connectivity index (χ4n) is 3.64. The van der Waals surface area contributed by atoms with Crippen LogP contribution in [0.2, 0.25) is 0 Å². The molecule has 0 unspecified atom stereocenters. The number of methoxy groups -OCH3 is 1. The number of benzene rings is 2. The molecule has 3 aromatic rings. The molecule has 0 aliphatic carbocycles. The van der Waals surface area contributed by atoms with Gasteiger partial charge in [-0.2, -0.15) is 0 Å². The number of carbonyl (C=O) groups is 1. The number of nitrogens with zero attached hydrogens (tertiary/aromatic N) is 1. The number of carbonyl (C=O) groups excluding carboxylic acids is 1. The highest BCUT2D eigenvalue weighted by molar-refractivity contribution is 5.99. The largest absolute Gasteiger partial charge is 0.450 e. The molecule has 2 aromatic carbocycles. The molecule has 0 bridgehead atoms. The van der Waals surface area contributed by atoms with Gasteiger partial charge in [-0.1, -0.05) is 35.9 Å². The van der Waals surface area contributed by atoms with Crippen molar-refractivity contribution in [2.45, 2.75) is 19.9 Å². The monoisotopic (exact) mass is 363 g/mol. The van der Waals surface area contributed by atoms with Crippen molar-refractivity contribution in [1.29, 1.82) is 0 Å². The summed E-state index contributed by atoms with van der Waals surface area (Å²) in [4.78, 5) is 28.0. The van der Waals surface area contributed by atoms with Gasteiger partial charge in [-0.3, -0.25) is 9.59 Å². The van der Waals surface area contributed by atoms with Crippen LogP contribution in [0.25, 0.3) is 11.0 Å². The van der Waals surface area contributed by atoms with E-state index in [9.17, 15) is 9.59 Å². The summed E-state index contributed by atoms with van der Waals surface area (Å²) in [7, 11) is 1.59. The molecule has 0 fully saturated rings. The highest BCUT2D eigenvalue weighted by Crippen LogP contribution is 2.38. The van der Waals surface area contributed by atoms with Gasteiger partial charge in [0, 0.05) is 13.7 Å². The molecule has 1 atom stereocenters. The first kappa shape index (κ1) is 17.5. The molecule has 27 heavy (non-hydrogen) atoms. The number of amides is 1. The van der Waals surface area contributed by atoms with E-state index in [-0.39, 0.29) is 17.1 Å². The lowest BCUT2D eigenvalue weighted by molar-refractivity contribution is 0.0663. The Labute approximate surface area is 157 Å². The maximum absolute atomic E-state index is 13.3. The molecule has 5 heteroatoms. The molecular formula is C22H21NO4. The van der Waals surface area contributed by atoms with E-state index < -0.39 is 6.04 Å².